The number of aromatic nitrogens is 2. The van der Waals surface area contributed by atoms with Crippen molar-refractivity contribution in [2.45, 2.75) is 6.42 Å². The summed E-state index contributed by atoms with van der Waals surface area (Å²) in [7, 11) is 0. The first-order chi connectivity index (χ1) is 11.8. The van der Waals surface area contributed by atoms with Crippen LogP contribution in [0, 0.1) is 5.92 Å². The van der Waals surface area contributed by atoms with Crippen molar-refractivity contribution in [1.82, 2.24) is 15.1 Å². The van der Waals surface area contributed by atoms with Crippen LogP contribution in [0.2, 0.25) is 0 Å². The zero-order chi connectivity index (χ0) is 16.4. The lowest BCUT2D eigenvalue weighted by molar-refractivity contribution is 0.0731. The Morgan fingerprint density at radius 3 is 3.17 bits per heavy atom. The van der Waals surface area contributed by atoms with Gasteiger partial charge in [0.15, 0.2) is 0 Å². The van der Waals surface area contributed by atoms with Crippen LogP contribution < -0.4 is 0 Å². The van der Waals surface area contributed by atoms with Gasteiger partial charge in [0.25, 0.3) is 5.91 Å². The number of nitrogens with one attached hydrogen (secondary N) is 1. The van der Waals surface area contributed by atoms with Crippen molar-refractivity contribution in [3.63, 3.8) is 0 Å². The van der Waals surface area contributed by atoms with Gasteiger partial charge in [-0.05, 0) is 30.2 Å². The largest absolute Gasteiger partial charge is 0.464 e. The molecule has 1 aliphatic heterocycles. The smallest absolute Gasteiger partial charge is 0.271 e. The van der Waals surface area contributed by atoms with Crippen molar-refractivity contribution < 1.29 is 13.9 Å². The second-order valence-electron chi connectivity index (χ2n) is 6.12. The van der Waals surface area contributed by atoms with Gasteiger partial charge in [0.1, 0.15) is 11.3 Å². The lowest BCUT2D eigenvalue weighted by Crippen LogP contribution is -2.36. The molecule has 0 bridgehead atoms. The van der Waals surface area contributed by atoms with Gasteiger partial charge in [-0.1, -0.05) is 12.1 Å². The van der Waals surface area contributed by atoms with E-state index >= 15 is 0 Å². The highest BCUT2D eigenvalue weighted by molar-refractivity contribution is 5.92. The average Bonchev–Trinajstić information content (AvgIpc) is 3.24. The van der Waals surface area contributed by atoms with Crippen LogP contribution in [0.1, 0.15) is 16.1 Å². The van der Waals surface area contributed by atoms with Crippen LogP contribution in [0.4, 0.5) is 0 Å². The normalized spacial score (nSPS) is 18.7. The summed E-state index contributed by atoms with van der Waals surface area (Å²) in [5.41, 5.74) is 2.64. The number of rotatable bonds is 3. The highest BCUT2D eigenvalue weighted by Crippen LogP contribution is 2.24. The maximum atomic E-state index is 12.6. The van der Waals surface area contributed by atoms with E-state index in [1.807, 2.05) is 23.1 Å². The van der Waals surface area contributed by atoms with E-state index in [0.29, 0.717) is 32.0 Å². The predicted molar refractivity (Wildman–Crippen MR) is 88.7 cm³/mol. The van der Waals surface area contributed by atoms with Crippen molar-refractivity contribution in [3.05, 3.63) is 54.0 Å². The number of ether oxygens (including phenoxy) is 1. The maximum absolute atomic E-state index is 12.6. The van der Waals surface area contributed by atoms with Gasteiger partial charge in [0, 0.05) is 30.6 Å². The van der Waals surface area contributed by atoms with E-state index in [2.05, 4.69) is 16.3 Å². The van der Waals surface area contributed by atoms with E-state index in [0.717, 1.165) is 17.4 Å². The van der Waals surface area contributed by atoms with Gasteiger partial charge >= 0.3 is 0 Å². The fraction of sp³-hybridized carbons (Fsp3) is 0.333. The number of amides is 1. The van der Waals surface area contributed by atoms with Gasteiger partial charge in [-0.25, -0.2) is 0 Å². The number of hydrogen-bond acceptors (Lipinski definition) is 4. The molecule has 1 aromatic carbocycles. The number of carbonyl (C=O) groups is 1. The van der Waals surface area contributed by atoms with Crippen LogP contribution in [-0.2, 0) is 11.2 Å². The van der Waals surface area contributed by atoms with Crippen molar-refractivity contribution in [2.75, 3.05) is 26.3 Å². The fourth-order valence-corrected chi connectivity index (χ4v) is 3.28. The molecule has 1 atom stereocenters. The van der Waals surface area contributed by atoms with Gasteiger partial charge < -0.3 is 14.1 Å². The SMILES string of the molecule is O=C(c1ccn[nH]1)N1CCOC[C@@H](Cc2cccc3occc23)C1. The van der Waals surface area contributed by atoms with E-state index in [-0.39, 0.29) is 11.8 Å². The molecule has 0 unspecified atom stereocenters. The first-order valence-electron chi connectivity index (χ1n) is 8.13. The Kier molecular flexibility index (Phi) is 4.04. The van der Waals surface area contributed by atoms with Crippen LogP contribution >= 0.6 is 0 Å². The minimum Gasteiger partial charge on any atom is -0.464 e. The van der Waals surface area contributed by atoms with Gasteiger partial charge in [0.2, 0.25) is 0 Å². The third-order valence-corrected chi connectivity index (χ3v) is 4.45. The number of H-pyrrole nitrogens is 1. The molecular weight excluding hydrogens is 306 g/mol. The third-order valence-electron chi connectivity index (χ3n) is 4.45. The molecule has 1 saturated heterocycles. The van der Waals surface area contributed by atoms with Crippen molar-refractivity contribution in [3.8, 4) is 0 Å². The Labute approximate surface area is 139 Å². The molecule has 6 heteroatoms. The van der Waals surface area contributed by atoms with Crippen molar-refractivity contribution in [2.24, 2.45) is 5.92 Å². The Bertz CT molecular complexity index is 825. The standard InChI is InChI=1S/C18H19N3O3/c22-18(16-4-6-19-20-16)21-7-9-23-12-13(11-21)10-14-2-1-3-17-15(14)5-8-24-17/h1-6,8,13H,7,9-12H2,(H,19,20)/t13-/m0/s1. The second kappa shape index (κ2) is 6.49. The van der Waals surface area contributed by atoms with Crippen LogP contribution in [0.5, 0.6) is 0 Å². The molecular formula is C18H19N3O3. The molecule has 6 nitrogen and oxygen atoms in total. The number of nitrogens with zero attached hydrogens (tertiary/aromatic N) is 2. The van der Waals surface area contributed by atoms with Crippen molar-refractivity contribution >= 4 is 16.9 Å². The first-order valence-corrected chi connectivity index (χ1v) is 8.13. The Hall–Kier alpha value is -2.60. The molecule has 1 N–H and O–H groups in total. The zero-order valence-corrected chi connectivity index (χ0v) is 13.3. The molecule has 4 rings (SSSR count). The van der Waals surface area contributed by atoms with Crippen molar-refractivity contribution in [1.29, 1.82) is 0 Å². The molecule has 2 aromatic heterocycles. The molecule has 0 saturated carbocycles. The van der Waals surface area contributed by atoms with Gasteiger partial charge in [-0.3, -0.25) is 9.89 Å². The number of benzene rings is 1. The molecule has 3 heterocycles. The predicted octanol–water partition coefficient (Wildman–Crippen LogP) is 2.49. The molecule has 24 heavy (non-hydrogen) atoms. The zero-order valence-electron chi connectivity index (χ0n) is 13.3. The van der Waals surface area contributed by atoms with Crippen LogP contribution in [0.3, 0.4) is 0 Å². The summed E-state index contributed by atoms with van der Waals surface area (Å²) < 4.78 is 11.2. The molecule has 124 valence electrons. The van der Waals surface area contributed by atoms with Gasteiger partial charge in [0.05, 0.1) is 19.5 Å². The molecule has 0 aliphatic carbocycles. The lowest BCUT2D eigenvalue weighted by atomic mass is 9.97. The molecule has 3 aromatic rings. The Morgan fingerprint density at radius 2 is 2.29 bits per heavy atom. The Balaban J connectivity index is 1.52. The van der Waals surface area contributed by atoms with E-state index < -0.39 is 0 Å². The van der Waals surface area contributed by atoms with Crippen LogP contribution in [0.15, 0.2) is 47.2 Å². The summed E-state index contributed by atoms with van der Waals surface area (Å²) in [4.78, 5) is 14.4. The number of aromatic amines is 1. The van der Waals surface area contributed by atoms with E-state index in [4.69, 9.17) is 9.15 Å². The average molecular weight is 325 g/mol. The quantitative estimate of drug-likeness (QED) is 0.803. The summed E-state index contributed by atoms with van der Waals surface area (Å²) >= 11 is 0. The summed E-state index contributed by atoms with van der Waals surface area (Å²) in [5.74, 6) is 0.226. The Morgan fingerprint density at radius 1 is 1.33 bits per heavy atom. The molecule has 1 aliphatic rings. The molecule has 1 amide bonds. The molecule has 0 radical (unpaired) electrons. The van der Waals surface area contributed by atoms with E-state index in [9.17, 15) is 4.79 Å². The van der Waals surface area contributed by atoms with Crippen LogP contribution in [-0.4, -0.2) is 47.3 Å². The van der Waals surface area contributed by atoms with Gasteiger partial charge in [-0.2, -0.15) is 5.10 Å². The highest BCUT2D eigenvalue weighted by atomic mass is 16.5. The minimum atomic E-state index is -0.0236. The van der Waals surface area contributed by atoms with Crippen LogP contribution in [0.25, 0.3) is 11.0 Å². The van der Waals surface area contributed by atoms with Gasteiger partial charge in [-0.15, -0.1) is 0 Å². The van der Waals surface area contributed by atoms with E-state index in [1.54, 1.807) is 18.5 Å². The summed E-state index contributed by atoms with van der Waals surface area (Å²) in [6, 6.07) is 9.79. The minimum absolute atomic E-state index is 0.0236. The second-order valence-corrected chi connectivity index (χ2v) is 6.12. The van der Waals surface area contributed by atoms with E-state index in [1.165, 1.54) is 5.56 Å². The first kappa shape index (κ1) is 15.0. The topological polar surface area (TPSA) is 71.4 Å². The fourth-order valence-electron chi connectivity index (χ4n) is 3.28. The molecule has 1 fully saturated rings. The number of furan rings is 1. The number of fused-ring (bicyclic) bond motifs is 1. The summed E-state index contributed by atoms with van der Waals surface area (Å²) in [6.45, 7) is 2.49. The monoisotopic (exact) mass is 325 g/mol. The third kappa shape index (κ3) is 2.92. The molecule has 0 spiro atoms. The maximum Gasteiger partial charge on any atom is 0.271 e. The highest BCUT2D eigenvalue weighted by Gasteiger charge is 2.24. The lowest BCUT2D eigenvalue weighted by Gasteiger charge is -2.23. The summed E-state index contributed by atoms with van der Waals surface area (Å²) in [6.07, 6.45) is 4.16. The number of carbonyl (C=O) groups excluding carboxylic acids is 1. The number of hydrogen-bond donors (Lipinski definition) is 1. The summed E-state index contributed by atoms with van der Waals surface area (Å²) in [5, 5.41) is 7.74.